The summed E-state index contributed by atoms with van der Waals surface area (Å²) < 4.78 is 10.6. The van der Waals surface area contributed by atoms with E-state index >= 15 is 0 Å². The number of fused-ring (bicyclic) bond motifs is 3. The van der Waals surface area contributed by atoms with Gasteiger partial charge in [-0.15, -0.1) is 0 Å². The van der Waals surface area contributed by atoms with Crippen molar-refractivity contribution in [1.82, 2.24) is 10.6 Å². The fraction of sp³-hybridized carbons (Fsp3) is 0.444. The first kappa shape index (κ1) is 24.7. The number of carboxylic acids is 1. The van der Waals surface area contributed by atoms with Gasteiger partial charge in [-0.05, 0) is 42.0 Å². The van der Waals surface area contributed by atoms with E-state index in [1.807, 2.05) is 31.2 Å². The van der Waals surface area contributed by atoms with Crippen molar-refractivity contribution in [2.75, 3.05) is 20.3 Å². The second-order valence-electron chi connectivity index (χ2n) is 9.47. The van der Waals surface area contributed by atoms with Gasteiger partial charge in [0.1, 0.15) is 6.61 Å². The van der Waals surface area contributed by atoms with E-state index in [2.05, 4.69) is 34.9 Å². The van der Waals surface area contributed by atoms with Crippen LogP contribution in [0, 0.1) is 5.92 Å². The Morgan fingerprint density at radius 1 is 1.06 bits per heavy atom. The molecule has 0 heterocycles. The van der Waals surface area contributed by atoms with Crippen molar-refractivity contribution < 1.29 is 29.0 Å². The molecule has 8 heteroatoms. The van der Waals surface area contributed by atoms with Crippen LogP contribution in [0.1, 0.15) is 49.7 Å². The first-order valence-electron chi connectivity index (χ1n) is 12.0. The zero-order valence-corrected chi connectivity index (χ0v) is 20.1. The van der Waals surface area contributed by atoms with Gasteiger partial charge in [0.25, 0.3) is 0 Å². The third kappa shape index (κ3) is 5.17. The molecule has 0 aromatic heterocycles. The minimum atomic E-state index is -1.14. The van der Waals surface area contributed by atoms with Crippen LogP contribution in [0.3, 0.4) is 0 Å². The second kappa shape index (κ2) is 10.5. The molecule has 2 aromatic rings. The van der Waals surface area contributed by atoms with Crippen molar-refractivity contribution in [2.45, 2.75) is 50.2 Å². The largest absolute Gasteiger partial charge is 0.479 e. The number of ether oxygens (including phenoxy) is 2. The van der Waals surface area contributed by atoms with E-state index in [1.165, 1.54) is 7.11 Å². The lowest BCUT2D eigenvalue weighted by Gasteiger charge is -2.40. The van der Waals surface area contributed by atoms with Gasteiger partial charge in [-0.3, -0.25) is 4.79 Å². The van der Waals surface area contributed by atoms with Gasteiger partial charge < -0.3 is 25.2 Å². The lowest BCUT2D eigenvalue weighted by Crippen LogP contribution is -2.58. The van der Waals surface area contributed by atoms with Gasteiger partial charge in [0, 0.05) is 13.0 Å². The maximum atomic E-state index is 12.9. The summed E-state index contributed by atoms with van der Waals surface area (Å²) in [6, 6.07) is 16.3. The number of aliphatic carboxylic acids is 1. The van der Waals surface area contributed by atoms with Crippen LogP contribution in [0.4, 0.5) is 4.79 Å². The summed E-state index contributed by atoms with van der Waals surface area (Å²) >= 11 is 0. The minimum absolute atomic E-state index is 0.0478. The van der Waals surface area contributed by atoms with Gasteiger partial charge in [0.2, 0.25) is 5.91 Å². The van der Waals surface area contributed by atoms with Crippen LogP contribution in [0.25, 0.3) is 11.1 Å². The van der Waals surface area contributed by atoms with E-state index in [1.54, 1.807) is 0 Å². The van der Waals surface area contributed by atoms with E-state index in [-0.39, 0.29) is 25.0 Å². The van der Waals surface area contributed by atoms with Crippen molar-refractivity contribution in [2.24, 2.45) is 5.92 Å². The fourth-order valence-corrected chi connectivity index (χ4v) is 5.36. The Morgan fingerprint density at radius 2 is 1.69 bits per heavy atom. The van der Waals surface area contributed by atoms with E-state index in [0.29, 0.717) is 12.8 Å². The predicted molar refractivity (Wildman–Crippen MR) is 130 cm³/mol. The van der Waals surface area contributed by atoms with Crippen molar-refractivity contribution in [1.29, 1.82) is 0 Å². The Kier molecular flexibility index (Phi) is 7.40. The number of amides is 2. The summed E-state index contributed by atoms with van der Waals surface area (Å²) in [6.07, 6.45) is 1.27. The molecule has 2 aliphatic rings. The molecule has 0 aliphatic heterocycles. The number of carbonyl (C=O) groups excluding carboxylic acids is 2. The molecule has 2 aliphatic carbocycles. The van der Waals surface area contributed by atoms with Crippen LogP contribution in [-0.4, -0.2) is 55.0 Å². The Bertz CT molecular complexity index is 1060. The molecule has 4 rings (SSSR count). The Morgan fingerprint density at radius 3 is 2.29 bits per heavy atom. The molecule has 3 N–H and O–H groups in total. The summed E-state index contributed by atoms with van der Waals surface area (Å²) in [5, 5.41) is 14.8. The van der Waals surface area contributed by atoms with E-state index in [9.17, 15) is 14.4 Å². The van der Waals surface area contributed by atoms with E-state index in [0.717, 1.165) is 35.1 Å². The lowest BCUT2D eigenvalue weighted by molar-refractivity contribution is -0.148. The maximum Gasteiger partial charge on any atom is 0.407 e. The van der Waals surface area contributed by atoms with Gasteiger partial charge >= 0.3 is 12.1 Å². The predicted octanol–water partition coefficient (Wildman–Crippen LogP) is 3.69. The molecule has 0 saturated heterocycles. The quantitative estimate of drug-likeness (QED) is 0.531. The van der Waals surface area contributed by atoms with Crippen molar-refractivity contribution >= 4 is 18.0 Å². The average Bonchev–Trinajstić information content (AvgIpc) is 3.16. The molecular weight excluding hydrogens is 448 g/mol. The lowest BCUT2D eigenvalue weighted by atomic mass is 9.73. The summed E-state index contributed by atoms with van der Waals surface area (Å²) in [5.41, 5.74) is 3.78. The van der Waals surface area contributed by atoms with Crippen molar-refractivity contribution in [3.8, 4) is 11.1 Å². The summed E-state index contributed by atoms with van der Waals surface area (Å²) in [4.78, 5) is 37.0. The number of rotatable bonds is 8. The van der Waals surface area contributed by atoms with Crippen LogP contribution >= 0.6 is 0 Å². The number of methoxy groups -OCH3 is 1. The molecule has 0 spiro atoms. The molecule has 2 amide bonds. The highest BCUT2D eigenvalue weighted by molar-refractivity contribution is 5.83. The first-order valence-corrected chi connectivity index (χ1v) is 12.0. The van der Waals surface area contributed by atoms with Crippen LogP contribution in [-0.2, 0) is 19.1 Å². The molecular formula is C27H32N2O6. The summed E-state index contributed by atoms with van der Waals surface area (Å²) in [6.45, 7) is 1.91. The molecule has 186 valence electrons. The SMILES string of the molecule is COC(CNC(=O)C1CCCCC1(C)NC(=O)OCC1c2ccccc2-c2ccccc21)C(=O)O. The molecule has 0 bridgehead atoms. The highest BCUT2D eigenvalue weighted by atomic mass is 16.5. The number of carbonyl (C=O) groups is 3. The topological polar surface area (TPSA) is 114 Å². The minimum Gasteiger partial charge on any atom is -0.479 e. The summed E-state index contributed by atoms with van der Waals surface area (Å²) in [5.74, 6) is -1.98. The summed E-state index contributed by atoms with van der Waals surface area (Å²) in [7, 11) is 1.29. The smallest absolute Gasteiger partial charge is 0.407 e. The standard InChI is InChI=1S/C27H32N2O6/c1-27(14-8-7-13-22(27)24(30)28-15-23(34-2)25(31)32)29-26(33)35-16-21-19-11-5-3-9-17(19)18-10-4-6-12-20(18)21/h3-6,9-12,21-23H,7-8,13-16H2,1-2H3,(H,28,30)(H,29,33)(H,31,32). The Labute approximate surface area is 205 Å². The molecule has 3 unspecified atom stereocenters. The molecule has 35 heavy (non-hydrogen) atoms. The molecule has 1 fully saturated rings. The normalized spacial score (nSPS) is 21.9. The third-order valence-electron chi connectivity index (χ3n) is 7.28. The molecule has 8 nitrogen and oxygen atoms in total. The zero-order chi connectivity index (χ0) is 25.0. The van der Waals surface area contributed by atoms with Crippen LogP contribution in [0.15, 0.2) is 48.5 Å². The highest BCUT2D eigenvalue weighted by Crippen LogP contribution is 2.44. The van der Waals surface area contributed by atoms with E-state index in [4.69, 9.17) is 14.6 Å². The zero-order valence-electron chi connectivity index (χ0n) is 20.1. The number of benzene rings is 2. The maximum absolute atomic E-state index is 12.9. The van der Waals surface area contributed by atoms with Gasteiger partial charge in [0.05, 0.1) is 18.0 Å². The molecule has 0 radical (unpaired) electrons. The fourth-order valence-electron chi connectivity index (χ4n) is 5.36. The van der Waals surface area contributed by atoms with Gasteiger partial charge in [-0.1, -0.05) is 61.4 Å². The van der Waals surface area contributed by atoms with Gasteiger partial charge in [0.15, 0.2) is 6.10 Å². The van der Waals surface area contributed by atoms with Crippen LogP contribution in [0.2, 0.25) is 0 Å². The monoisotopic (exact) mass is 480 g/mol. The van der Waals surface area contributed by atoms with Gasteiger partial charge in [-0.2, -0.15) is 0 Å². The number of carboxylic acid groups (broad SMARTS) is 1. The number of alkyl carbamates (subject to hydrolysis) is 1. The molecule has 2 aromatic carbocycles. The van der Waals surface area contributed by atoms with E-state index < -0.39 is 29.6 Å². The Balaban J connectivity index is 1.40. The first-order chi connectivity index (χ1) is 16.8. The average molecular weight is 481 g/mol. The molecule has 3 atom stereocenters. The van der Waals surface area contributed by atoms with Gasteiger partial charge in [-0.25, -0.2) is 9.59 Å². The highest BCUT2D eigenvalue weighted by Gasteiger charge is 2.43. The second-order valence-corrected chi connectivity index (χ2v) is 9.47. The number of nitrogens with one attached hydrogen (secondary N) is 2. The van der Waals surface area contributed by atoms with Crippen LogP contribution < -0.4 is 10.6 Å². The van der Waals surface area contributed by atoms with Crippen molar-refractivity contribution in [3.05, 3.63) is 59.7 Å². The molecule has 1 saturated carbocycles. The Hall–Kier alpha value is -3.39. The van der Waals surface area contributed by atoms with Crippen LogP contribution in [0.5, 0.6) is 0 Å². The number of hydrogen-bond donors (Lipinski definition) is 3. The number of hydrogen-bond acceptors (Lipinski definition) is 5. The van der Waals surface area contributed by atoms with Crippen molar-refractivity contribution in [3.63, 3.8) is 0 Å². The third-order valence-corrected chi connectivity index (χ3v) is 7.28.